The zero-order valence-electron chi connectivity index (χ0n) is 18.8. The van der Waals surface area contributed by atoms with E-state index in [1.165, 1.54) is 24.3 Å². The molecule has 0 spiro atoms. The predicted octanol–water partition coefficient (Wildman–Crippen LogP) is 4.70. The van der Waals surface area contributed by atoms with Crippen molar-refractivity contribution in [3.05, 3.63) is 83.1 Å². The van der Waals surface area contributed by atoms with E-state index in [1.54, 1.807) is 0 Å². The van der Waals surface area contributed by atoms with Crippen LogP contribution in [0.1, 0.15) is 5.56 Å². The SMILES string of the molecule is CS(=O)(=O)N(CC(=O)Nc1ccc(S(=O)(=O)Nc2ccc(Cl)c(C(F)(F)F)c2)cc1)c1ccc(F)cc1. The zero-order valence-corrected chi connectivity index (χ0v) is 21.1. The summed E-state index contributed by atoms with van der Waals surface area (Å²) < 4.78 is 105. The van der Waals surface area contributed by atoms with Crippen LogP contribution in [0.2, 0.25) is 5.02 Å². The largest absolute Gasteiger partial charge is 0.417 e. The van der Waals surface area contributed by atoms with Crippen molar-refractivity contribution in [3.63, 3.8) is 0 Å². The van der Waals surface area contributed by atoms with E-state index in [0.717, 1.165) is 47.0 Å². The fourth-order valence-electron chi connectivity index (χ4n) is 3.08. The van der Waals surface area contributed by atoms with Gasteiger partial charge in [0.15, 0.2) is 0 Å². The van der Waals surface area contributed by atoms with Gasteiger partial charge in [-0.1, -0.05) is 11.6 Å². The smallest absolute Gasteiger partial charge is 0.325 e. The Labute approximate surface area is 215 Å². The summed E-state index contributed by atoms with van der Waals surface area (Å²) in [5.74, 6) is -1.37. The monoisotopic (exact) mass is 579 g/mol. The number of halogens is 5. The van der Waals surface area contributed by atoms with Crippen LogP contribution in [-0.4, -0.2) is 35.5 Å². The summed E-state index contributed by atoms with van der Waals surface area (Å²) >= 11 is 5.54. The van der Waals surface area contributed by atoms with Gasteiger partial charge >= 0.3 is 6.18 Å². The summed E-state index contributed by atoms with van der Waals surface area (Å²) in [4.78, 5) is 12.1. The number of alkyl halides is 3. The molecule has 3 aromatic rings. The van der Waals surface area contributed by atoms with Crippen molar-refractivity contribution < 1.29 is 39.2 Å². The Bertz CT molecular complexity index is 1510. The second-order valence-electron chi connectivity index (χ2n) is 7.62. The molecule has 0 saturated carbocycles. The lowest BCUT2D eigenvalue weighted by atomic mass is 10.2. The highest BCUT2D eigenvalue weighted by Gasteiger charge is 2.33. The van der Waals surface area contributed by atoms with E-state index < -0.39 is 55.1 Å². The molecule has 0 aliphatic rings. The van der Waals surface area contributed by atoms with Crippen molar-refractivity contribution in [1.29, 1.82) is 0 Å². The van der Waals surface area contributed by atoms with Crippen LogP contribution in [0.15, 0.2) is 71.6 Å². The summed E-state index contributed by atoms with van der Waals surface area (Å²) in [5, 5.41) is 1.82. The van der Waals surface area contributed by atoms with E-state index in [2.05, 4.69) is 5.32 Å². The maximum atomic E-state index is 13.2. The number of carbonyl (C=O) groups excluding carboxylic acids is 1. The Morgan fingerprint density at radius 1 is 0.919 bits per heavy atom. The number of amides is 1. The van der Waals surface area contributed by atoms with Crippen molar-refractivity contribution in [2.45, 2.75) is 11.1 Å². The Morgan fingerprint density at radius 2 is 1.49 bits per heavy atom. The Morgan fingerprint density at radius 3 is 2.03 bits per heavy atom. The van der Waals surface area contributed by atoms with Gasteiger partial charge in [0.05, 0.1) is 27.4 Å². The second kappa shape index (κ2) is 10.6. The maximum Gasteiger partial charge on any atom is 0.417 e. The van der Waals surface area contributed by atoms with Gasteiger partial charge in [-0.3, -0.25) is 13.8 Å². The first-order valence-corrected chi connectivity index (χ1v) is 13.8. The van der Waals surface area contributed by atoms with Crippen LogP contribution in [0.3, 0.4) is 0 Å². The number of carbonyl (C=O) groups is 1. The van der Waals surface area contributed by atoms with E-state index in [0.29, 0.717) is 6.07 Å². The van der Waals surface area contributed by atoms with Crippen molar-refractivity contribution in [2.75, 3.05) is 27.1 Å². The average molecular weight is 580 g/mol. The number of sulfonamides is 2. The van der Waals surface area contributed by atoms with Crippen molar-refractivity contribution in [3.8, 4) is 0 Å². The molecule has 37 heavy (non-hydrogen) atoms. The number of nitrogens with one attached hydrogen (secondary N) is 2. The molecule has 0 bridgehead atoms. The van der Waals surface area contributed by atoms with Gasteiger partial charge in [0.2, 0.25) is 15.9 Å². The molecule has 0 atom stereocenters. The molecule has 0 saturated heterocycles. The summed E-state index contributed by atoms with van der Waals surface area (Å²) in [6.07, 6.45) is -3.92. The van der Waals surface area contributed by atoms with Crippen molar-refractivity contribution in [2.24, 2.45) is 0 Å². The molecule has 15 heteroatoms. The topological polar surface area (TPSA) is 113 Å². The van der Waals surface area contributed by atoms with Crippen molar-refractivity contribution >= 4 is 54.6 Å². The van der Waals surface area contributed by atoms with Gasteiger partial charge in [-0.2, -0.15) is 13.2 Å². The molecule has 3 aromatic carbocycles. The third-order valence-corrected chi connectivity index (χ3v) is 7.64. The number of hydrogen-bond donors (Lipinski definition) is 2. The molecule has 8 nitrogen and oxygen atoms in total. The van der Waals surface area contributed by atoms with Gasteiger partial charge in [-0.25, -0.2) is 21.2 Å². The quantitative estimate of drug-likeness (QED) is 0.376. The standard InChI is InChI=1S/C22H18ClF4N3O5S2/c1-36(32,33)30(17-7-2-14(24)3-8-17)13-21(31)28-15-4-9-18(10-5-15)37(34,35)29-16-6-11-20(23)19(12-16)22(25,26)27/h2-12,29H,13H2,1H3,(H,28,31). The molecular weight excluding hydrogens is 562 g/mol. The average Bonchev–Trinajstić information content (AvgIpc) is 2.78. The van der Waals surface area contributed by atoms with Crippen LogP contribution in [0.25, 0.3) is 0 Å². The first kappa shape index (κ1) is 28.2. The number of rotatable bonds is 8. The zero-order chi connectivity index (χ0) is 27.6. The highest BCUT2D eigenvalue weighted by atomic mass is 35.5. The molecule has 0 aliphatic carbocycles. The number of nitrogens with zero attached hydrogens (tertiary/aromatic N) is 1. The van der Waals surface area contributed by atoms with E-state index in [9.17, 15) is 39.2 Å². The highest BCUT2D eigenvalue weighted by molar-refractivity contribution is 7.92. The number of benzene rings is 3. The molecule has 2 N–H and O–H groups in total. The van der Waals surface area contributed by atoms with E-state index in [-0.39, 0.29) is 22.0 Å². The van der Waals surface area contributed by atoms with Gasteiger partial charge in [0, 0.05) is 11.4 Å². The van der Waals surface area contributed by atoms with Crippen LogP contribution >= 0.6 is 11.6 Å². The van der Waals surface area contributed by atoms with E-state index in [1.807, 2.05) is 4.72 Å². The van der Waals surface area contributed by atoms with Gasteiger partial charge in [-0.15, -0.1) is 0 Å². The van der Waals surface area contributed by atoms with E-state index >= 15 is 0 Å². The molecule has 0 radical (unpaired) electrons. The van der Waals surface area contributed by atoms with Gasteiger partial charge in [-0.05, 0) is 66.7 Å². The lowest BCUT2D eigenvalue weighted by molar-refractivity contribution is -0.137. The van der Waals surface area contributed by atoms with Crippen LogP contribution in [0.4, 0.5) is 34.6 Å². The normalized spacial score (nSPS) is 12.2. The van der Waals surface area contributed by atoms with Gasteiger partial charge < -0.3 is 5.32 Å². The molecule has 198 valence electrons. The molecule has 3 rings (SSSR count). The molecule has 1 amide bonds. The lowest BCUT2D eigenvalue weighted by Crippen LogP contribution is -2.37. The third kappa shape index (κ3) is 7.33. The Hall–Kier alpha value is -3.36. The highest BCUT2D eigenvalue weighted by Crippen LogP contribution is 2.36. The van der Waals surface area contributed by atoms with Crippen LogP contribution < -0.4 is 14.3 Å². The predicted molar refractivity (Wildman–Crippen MR) is 131 cm³/mol. The number of hydrogen-bond acceptors (Lipinski definition) is 5. The van der Waals surface area contributed by atoms with E-state index in [4.69, 9.17) is 11.6 Å². The van der Waals surface area contributed by atoms with Gasteiger partial charge in [0.1, 0.15) is 12.4 Å². The molecule has 0 heterocycles. The first-order valence-electron chi connectivity index (χ1n) is 10.1. The summed E-state index contributed by atoms with van der Waals surface area (Å²) in [6, 6.07) is 11.6. The maximum absolute atomic E-state index is 13.2. The minimum atomic E-state index is -4.79. The fraction of sp³-hybridized carbons (Fsp3) is 0.136. The molecule has 0 aromatic heterocycles. The Balaban J connectivity index is 1.73. The van der Waals surface area contributed by atoms with Crippen LogP contribution in [0, 0.1) is 5.82 Å². The number of anilines is 3. The summed E-state index contributed by atoms with van der Waals surface area (Å²) in [7, 11) is -8.21. The summed E-state index contributed by atoms with van der Waals surface area (Å²) in [6.45, 7) is -0.649. The van der Waals surface area contributed by atoms with Crippen LogP contribution in [-0.2, 0) is 31.0 Å². The molecule has 0 fully saturated rings. The molecular formula is C22H18ClF4N3O5S2. The molecule has 0 aliphatic heterocycles. The fourth-order valence-corrected chi connectivity index (χ4v) is 5.21. The minimum Gasteiger partial charge on any atom is -0.325 e. The third-order valence-electron chi connectivity index (χ3n) is 4.77. The first-order chi connectivity index (χ1) is 17.1. The Kier molecular flexibility index (Phi) is 8.05. The second-order valence-corrected chi connectivity index (χ2v) is 11.6. The van der Waals surface area contributed by atoms with Crippen molar-refractivity contribution in [1.82, 2.24) is 0 Å². The van der Waals surface area contributed by atoms with Crippen LogP contribution in [0.5, 0.6) is 0 Å². The lowest BCUT2D eigenvalue weighted by Gasteiger charge is -2.21. The summed E-state index contributed by atoms with van der Waals surface area (Å²) in [5.41, 5.74) is -1.41. The van der Waals surface area contributed by atoms with Gasteiger partial charge in [0.25, 0.3) is 10.0 Å². The molecule has 0 unspecified atom stereocenters. The minimum absolute atomic E-state index is 0.0578.